The van der Waals surface area contributed by atoms with E-state index in [1.165, 1.54) is 23.9 Å². The highest BCUT2D eigenvalue weighted by Crippen LogP contribution is 2.38. The van der Waals surface area contributed by atoms with Gasteiger partial charge in [-0.3, -0.25) is 0 Å². The van der Waals surface area contributed by atoms with Crippen LogP contribution in [0.25, 0.3) is 0 Å². The van der Waals surface area contributed by atoms with Crippen LogP contribution in [0.15, 0.2) is 63.2 Å². The van der Waals surface area contributed by atoms with E-state index in [0.29, 0.717) is 5.02 Å². The molecule has 0 saturated carbocycles. The van der Waals surface area contributed by atoms with Crippen molar-refractivity contribution in [3.63, 3.8) is 0 Å². The summed E-state index contributed by atoms with van der Waals surface area (Å²) in [4.78, 5) is 2.06. The van der Waals surface area contributed by atoms with Gasteiger partial charge in [-0.2, -0.15) is 13.2 Å². The third-order valence-electron chi connectivity index (χ3n) is 2.11. The van der Waals surface area contributed by atoms with Crippen LogP contribution in [0.5, 0.6) is 0 Å². The van der Waals surface area contributed by atoms with Crippen molar-refractivity contribution in [3.8, 4) is 0 Å². The highest BCUT2D eigenvalue weighted by Gasteiger charge is 2.28. The average Bonchev–Trinajstić information content (AvgIpc) is 2.33. The van der Waals surface area contributed by atoms with Crippen molar-refractivity contribution in [3.05, 3.63) is 53.6 Å². The molecular formula is C13H8ClF3S2. The van der Waals surface area contributed by atoms with Crippen molar-refractivity contribution in [2.24, 2.45) is 0 Å². The summed E-state index contributed by atoms with van der Waals surface area (Å²) in [5.41, 5.74) is -4.25. The van der Waals surface area contributed by atoms with Gasteiger partial charge in [0.15, 0.2) is 0 Å². The molecule has 2 rings (SSSR count). The molecular weight excluding hydrogens is 313 g/mol. The third-order valence-corrected chi connectivity index (χ3v) is 4.11. The Morgan fingerprint density at radius 3 is 1.63 bits per heavy atom. The van der Waals surface area contributed by atoms with E-state index in [0.717, 1.165) is 9.79 Å². The highest BCUT2D eigenvalue weighted by atomic mass is 35.5. The zero-order valence-electron chi connectivity index (χ0n) is 9.45. The Morgan fingerprint density at radius 2 is 1.16 bits per heavy atom. The molecule has 0 aliphatic heterocycles. The van der Waals surface area contributed by atoms with E-state index in [9.17, 15) is 13.2 Å². The highest BCUT2D eigenvalue weighted by molar-refractivity contribution is 8.00. The molecule has 0 fully saturated rings. The van der Waals surface area contributed by atoms with Gasteiger partial charge in [0.25, 0.3) is 0 Å². The molecule has 2 aromatic rings. The molecule has 0 atom stereocenters. The molecule has 0 N–H and O–H groups in total. The Bertz CT molecular complexity index is 535. The molecule has 19 heavy (non-hydrogen) atoms. The number of halogens is 4. The maximum atomic E-state index is 12.2. The molecule has 0 nitrogen and oxygen atoms in total. The minimum Gasteiger partial charge on any atom is -0.160 e. The molecule has 100 valence electrons. The Hall–Kier alpha value is -0.780. The number of hydrogen-bond acceptors (Lipinski definition) is 2. The van der Waals surface area contributed by atoms with E-state index in [-0.39, 0.29) is 16.7 Å². The van der Waals surface area contributed by atoms with Crippen LogP contribution in [0, 0.1) is 0 Å². The van der Waals surface area contributed by atoms with Gasteiger partial charge in [-0.1, -0.05) is 23.4 Å². The van der Waals surface area contributed by atoms with E-state index in [4.69, 9.17) is 11.6 Å². The zero-order chi connectivity index (χ0) is 13.9. The van der Waals surface area contributed by atoms with Crippen molar-refractivity contribution in [2.45, 2.75) is 20.2 Å². The van der Waals surface area contributed by atoms with Crippen LogP contribution >= 0.6 is 35.1 Å². The van der Waals surface area contributed by atoms with Crippen LogP contribution in [0.4, 0.5) is 13.2 Å². The van der Waals surface area contributed by atoms with Gasteiger partial charge < -0.3 is 0 Å². The number of alkyl halides is 3. The smallest absolute Gasteiger partial charge is 0.160 e. The first kappa shape index (κ1) is 14.6. The van der Waals surface area contributed by atoms with Crippen LogP contribution in [0.1, 0.15) is 0 Å². The van der Waals surface area contributed by atoms with Crippen LogP contribution in [-0.2, 0) is 0 Å². The number of thioether (sulfide) groups is 1. The van der Waals surface area contributed by atoms with Gasteiger partial charge in [-0.05, 0) is 60.3 Å². The lowest BCUT2D eigenvalue weighted by atomic mass is 10.4. The molecule has 2 aromatic carbocycles. The predicted octanol–water partition coefficient (Wildman–Crippen LogP) is 6.10. The van der Waals surface area contributed by atoms with Gasteiger partial charge in [-0.25, -0.2) is 0 Å². The molecule has 0 aliphatic rings. The minimum absolute atomic E-state index is 0.109. The van der Waals surface area contributed by atoms with Crippen molar-refractivity contribution in [1.82, 2.24) is 0 Å². The summed E-state index contributed by atoms with van der Waals surface area (Å²) in [6.45, 7) is 0. The quantitative estimate of drug-likeness (QED) is 0.626. The average molecular weight is 321 g/mol. The summed E-state index contributed by atoms with van der Waals surface area (Å²) < 4.78 is 36.5. The first-order chi connectivity index (χ1) is 8.92. The fourth-order valence-corrected chi connectivity index (χ4v) is 2.83. The van der Waals surface area contributed by atoms with E-state index >= 15 is 0 Å². The first-order valence-corrected chi connectivity index (χ1v) is 7.23. The van der Waals surface area contributed by atoms with Crippen molar-refractivity contribution < 1.29 is 13.2 Å². The number of hydrogen-bond donors (Lipinski definition) is 0. The second kappa shape index (κ2) is 6.11. The van der Waals surface area contributed by atoms with E-state index in [1.807, 2.05) is 12.1 Å². The first-order valence-electron chi connectivity index (χ1n) is 5.22. The van der Waals surface area contributed by atoms with Gasteiger partial charge in [0.1, 0.15) is 0 Å². The maximum Gasteiger partial charge on any atom is 0.446 e. The number of benzene rings is 2. The molecule has 0 bridgehead atoms. The molecule has 0 aliphatic carbocycles. The summed E-state index contributed by atoms with van der Waals surface area (Å²) in [6, 6.07) is 13.6. The Labute approximate surface area is 122 Å². The van der Waals surface area contributed by atoms with Crippen LogP contribution in [-0.4, -0.2) is 5.51 Å². The summed E-state index contributed by atoms with van der Waals surface area (Å²) >= 11 is 7.14. The summed E-state index contributed by atoms with van der Waals surface area (Å²) in [6.07, 6.45) is 0. The molecule has 0 aromatic heterocycles. The van der Waals surface area contributed by atoms with Crippen molar-refractivity contribution in [2.75, 3.05) is 0 Å². The summed E-state index contributed by atoms with van der Waals surface area (Å²) in [5, 5.41) is 0.654. The van der Waals surface area contributed by atoms with Gasteiger partial charge in [0.2, 0.25) is 0 Å². The lowest BCUT2D eigenvalue weighted by Gasteiger charge is -2.06. The SMILES string of the molecule is FC(F)(F)Sc1ccc(Sc2ccc(Cl)cc2)cc1. The Kier molecular flexibility index (Phi) is 4.71. The molecule has 0 saturated heterocycles. The molecule has 0 amide bonds. The summed E-state index contributed by atoms with van der Waals surface area (Å²) in [5.74, 6) is 0. The Morgan fingerprint density at radius 1 is 0.737 bits per heavy atom. The fourth-order valence-electron chi connectivity index (χ4n) is 1.35. The minimum atomic E-state index is -4.25. The van der Waals surface area contributed by atoms with Gasteiger partial charge in [0.05, 0.1) is 0 Å². The normalized spacial score (nSPS) is 11.6. The summed E-state index contributed by atoms with van der Waals surface area (Å²) in [7, 11) is 0. The third kappa shape index (κ3) is 5.01. The topological polar surface area (TPSA) is 0 Å². The molecule has 0 heterocycles. The molecule has 0 radical (unpaired) electrons. The van der Waals surface area contributed by atoms with E-state index in [1.54, 1.807) is 24.3 Å². The zero-order valence-corrected chi connectivity index (χ0v) is 11.8. The van der Waals surface area contributed by atoms with Gasteiger partial charge in [0, 0.05) is 19.7 Å². The predicted molar refractivity (Wildman–Crippen MR) is 73.9 cm³/mol. The molecule has 6 heteroatoms. The monoisotopic (exact) mass is 320 g/mol. The number of rotatable bonds is 3. The van der Waals surface area contributed by atoms with Crippen LogP contribution in [0.3, 0.4) is 0 Å². The molecule has 0 spiro atoms. The second-order valence-electron chi connectivity index (χ2n) is 3.58. The van der Waals surface area contributed by atoms with Gasteiger partial charge in [-0.15, -0.1) is 0 Å². The van der Waals surface area contributed by atoms with Gasteiger partial charge >= 0.3 is 5.51 Å². The van der Waals surface area contributed by atoms with Crippen molar-refractivity contribution in [1.29, 1.82) is 0 Å². The largest absolute Gasteiger partial charge is 0.446 e. The lowest BCUT2D eigenvalue weighted by Crippen LogP contribution is -1.98. The van der Waals surface area contributed by atoms with Crippen LogP contribution < -0.4 is 0 Å². The van der Waals surface area contributed by atoms with Crippen LogP contribution in [0.2, 0.25) is 5.02 Å². The van der Waals surface area contributed by atoms with Crippen molar-refractivity contribution >= 4 is 35.1 Å². The van der Waals surface area contributed by atoms with E-state index in [2.05, 4.69) is 0 Å². The van der Waals surface area contributed by atoms with E-state index < -0.39 is 5.51 Å². The standard InChI is InChI=1S/C13H8ClF3S2/c14-9-1-3-10(4-2-9)18-11-5-7-12(8-6-11)19-13(15,16)17/h1-8H. The maximum absolute atomic E-state index is 12.2. The molecule has 0 unspecified atom stereocenters. The lowest BCUT2D eigenvalue weighted by molar-refractivity contribution is -0.0328. The Balaban J connectivity index is 2.04. The fraction of sp³-hybridized carbons (Fsp3) is 0.0769. The second-order valence-corrected chi connectivity index (χ2v) is 6.30.